The Labute approximate surface area is 182 Å². The predicted octanol–water partition coefficient (Wildman–Crippen LogP) is 3.99. The van der Waals surface area contributed by atoms with Gasteiger partial charge in [-0.15, -0.1) is 10.2 Å². The lowest BCUT2D eigenvalue weighted by molar-refractivity contribution is -0.118. The number of amides is 1. The van der Waals surface area contributed by atoms with Crippen LogP contribution in [-0.4, -0.2) is 32.6 Å². The number of anilines is 1. The van der Waals surface area contributed by atoms with Gasteiger partial charge in [0.15, 0.2) is 11.0 Å². The van der Waals surface area contributed by atoms with Crippen molar-refractivity contribution < 1.29 is 4.79 Å². The summed E-state index contributed by atoms with van der Waals surface area (Å²) in [4.78, 5) is 12.0. The summed E-state index contributed by atoms with van der Waals surface area (Å²) in [6.07, 6.45) is 1.61. The molecule has 150 valence electrons. The minimum atomic E-state index is -0.201. The molecule has 3 aromatic rings. The molecule has 1 aromatic heterocycles. The fourth-order valence-electron chi connectivity index (χ4n) is 2.57. The van der Waals surface area contributed by atoms with Gasteiger partial charge in [-0.25, -0.2) is 5.43 Å². The lowest BCUT2D eigenvalue weighted by Crippen LogP contribution is -2.20. The number of carbonyl (C=O) groups is 1. The zero-order valence-electron chi connectivity index (χ0n) is 16.0. The van der Waals surface area contributed by atoms with E-state index in [-0.39, 0.29) is 17.7 Å². The second-order valence-electron chi connectivity index (χ2n) is 6.27. The van der Waals surface area contributed by atoms with Crippen LogP contribution in [0.2, 0.25) is 0 Å². The van der Waals surface area contributed by atoms with Gasteiger partial charge in [0.2, 0.25) is 0 Å². The Morgan fingerprint density at radius 1 is 1.21 bits per heavy atom. The number of nitrogens with one attached hydrogen (secondary N) is 2. The average molecular weight is 473 g/mol. The molecule has 0 fully saturated rings. The van der Waals surface area contributed by atoms with E-state index in [0.29, 0.717) is 5.16 Å². The molecular formula is C20H21BrN6OS. The Balaban J connectivity index is 1.51. The molecular weight excluding hydrogens is 452 g/mol. The number of hydrogen-bond donors (Lipinski definition) is 2. The van der Waals surface area contributed by atoms with Crippen LogP contribution < -0.4 is 10.7 Å². The molecule has 0 aliphatic heterocycles. The van der Waals surface area contributed by atoms with Gasteiger partial charge in [0, 0.05) is 17.2 Å². The Hall–Kier alpha value is -2.65. The van der Waals surface area contributed by atoms with Crippen LogP contribution in [0.3, 0.4) is 0 Å². The summed E-state index contributed by atoms with van der Waals surface area (Å²) >= 11 is 4.75. The summed E-state index contributed by atoms with van der Waals surface area (Å²) in [6, 6.07) is 17.5. The molecule has 2 aromatic carbocycles. The van der Waals surface area contributed by atoms with Crippen LogP contribution in [0.5, 0.6) is 0 Å². The van der Waals surface area contributed by atoms with E-state index in [0.717, 1.165) is 21.5 Å². The van der Waals surface area contributed by atoms with E-state index >= 15 is 0 Å². The zero-order chi connectivity index (χ0) is 20.6. The molecule has 1 atom stereocenters. The molecule has 29 heavy (non-hydrogen) atoms. The number of rotatable bonds is 8. The third kappa shape index (κ3) is 6.16. The van der Waals surface area contributed by atoms with Crippen molar-refractivity contribution in [2.24, 2.45) is 12.1 Å². The fraction of sp³-hybridized carbons (Fsp3) is 0.200. The topological polar surface area (TPSA) is 84.2 Å². The van der Waals surface area contributed by atoms with Gasteiger partial charge < -0.3 is 9.88 Å². The summed E-state index contributed by atoms with van der Waals surface area (Å²) in [7, 11) is 1.89. The minimum Gasteiger partial charge on any atom is -0.375 e. The van der Waals surface area contributed by atoms with E-state index in [1.165, 1.54) is 11.8 Å². The number of nitrogens with zero attached hydrogens (tertiary/aromatic N) is 4. The van der Waals surface area contributed by atoms with Crippen LogP contribution in [-0.2, 0) is 11.8 Å². The molecule has 0 radical (unpaired) electrons. The molecule has 0 bridgehead atoms. The molecule has 0 aliphatic rings. The van der Waals surface area contributed by atoms with E-state index in [9.17, 15) is 4.79 Å². The molecule has 0 saturated carbocycles. The molecule has 0 saturated heterocycles. The number of hydrogen-bond acceptors (Lipinski definition) is 6. The zero-order valence-corrected chi connectivity index (χ0v) is 18.4. The fourth-order valence-corrected chi connectivity index (χ4v) is 3.54. The summed E-state index contributed by atoms with van der Waals surface area (Å²) in [5, 5.41) is 16.5. The second-order valence-corrected chi connectivity index (χ2v) is 8.12. The molecule has 1 heterocycles. The van der Waals surface area contributed by atoms with E-state index in [4.69, 9.17) is 0 Å². The van der Waals surface area contributed by atoms with Crippen LogP contribution in [0.1, 0.15) is 24.4 Å². The highest BCUT2D eigenvalue weighted by atomic mass is 79.9. The van der Waals surface area contributed by atoms with Crippen LogP contribution in [0.4, 0.5) is 5.69 Å². The monoisotopic (exact) mass is 472 g/mol. The van der Waals surface area contributed by atoms with Gasteiger partial charge in [-0.1, -0.05) is 58.0 Å². The highest BCUT2D eigenvalue weighted by Gasteiger charge is 2.16. The quantitative estimate of drug-likeness (QED) is 0.294. The van der Waals surface area contributed by atoms with Gasteiger partial charge in [0.1, 0.15) is 0 Å². The van der Waals surface area contributed by atoms with Crippen molar-refractivity contribution in [2.45, 2.75) is 18.1 Å². The number of halogens is 1. The van der Waals surface area contributed by atoms with Crippen LogP contribution in [0, 0.1) is 0 Å². The van der Waals surface area contributed by atoms with E-state index in [1.54, 1.807) is 6.21 Å². The van der Waals surface area contributed by atoms with Crippen molar-refractivity contribution in [3.05, 3.63) is 70.5 Å². The van der Waals surface area contributed by atoms with Crippen molar-refractivity contribution in [3.63, 3.8) is 0 Å². The van der Waals surface area contributed by atoms with Gasteiger partial charge in [-0.05, 0) is 36.8 Å². The molecule has 1 amide bonds. The highest BCUT2D eigenvalue weighted by Crippen LogP contribution is 2.23. The Kier molecular flexibility index (Phi) is 7.42. The third-order valence-corrected chi connectivity index (χ3v) is 5.57. The number of hydrazone groups is 1. The molecule has 9 heteroatoms. The molecule has 3 rings (SSSR count). The second kappa shape index (κ2) is 10.2. The summed E-state index contributed by atoms with van der Waals surface area (Å²) in [5.41, 5.74) is 4.44. The first-order valence-corrected chi connectivity index (χ1v) is 10.7. The maximum atomic E-state index is 12.0. The molecule has 1 unspecified atom stereocenters. The molecule has 2 N–H and O–H groups in total. The number of aromatic nitrogens is 3. The van der Waals surface area contributed by atoms with Crippen molar-refractivity contribution in [1.82, 2.24) is 20.2 Å². The summed E-state index contributed by atoms with van der Waals surface area (Å²) in [6.45, 7) is 2.02. The minimum absolute atomic E-state index is 0.0349. The van der Waals surface area contributed by atoms with Crippen molar-refractivity contribution in [1.29, 1.82) is 0 Å². The van der Waals surface area contributed by atoms with Crippen LogP contribution in [0.25, 0.3) is 0 Å². The Bertz CT molecular complexity index is 974. The van der Waals surface area contributed by atoms with Gasteiger partial charge in [0.25, 0.3) is 5.91 Å². The SMILES string of the molecule is CC(Nc1ccc(Br)cc1)c1nnc(SCC(=O)N/N=C\c2ccccc2)n1C. The van der Waals surface area contributed by atoms with Crippen LogP contribution >= 0.6 is 27.7 Å². The van der Waals surface area contributed by atoms with E-state index in [2.05, 4.69) is 42.0 Å². The summed E-state index contributed by atoms with van der Waals surface area (Å²) in [5.74, 6) is 0.790. The standard InChI is InChI=1S/C20H21BrN6OS/c1-14(23-17-10-8-16(21)9-11-17)19-25-26-20(27(19)2)29-13-18(28)24-22-12-15-6-4-3-5-7-15/h3-12,14,23H,13H2,1-2H3,(H,24,28)/b22-12-. The van der Waals surface area contributed by atoms with Gasteiger partial charge in [-0.2, -0.15) is 5.10 Å². The maximum absolute atomic E-state index is 12.0. The lowest BCUT2D eigenvalue weighted by Gasteiger charge is -2.14. The maximum Gasteiger partial charge on any atom is 0.250 e. The summed E-state index contributed by atoms with van der Waals surface area (Å²) < 4.78 is 2.92. The molecule has 7 nitrogen and oxygen atoms in total. The van der Waals surface area contributed by atoms with E-state index < -0.39 is 0 Å². The third-order valence-electron chi connectivity index (χ3n) is 4.02. The van der Waals surface area contributed by atoms with Gasteiger partial charge in [-0.3, -0.25) is 4.79 Å². The largest absolute Gasteiger partial charge is 0.375 e. The first kappa shape index (κ1) is 21.1. The Morgan fingerprint density at radius 2 is 1.93 bits per heavy atom. The van der Waals surface area contributed by atoms with Crippen molar-refractivity contribution in [3.8, 4) is 0 Å². The van der Waals surface area contributed by atoms with Gasteiger partial charge >= 0.3 is 0 Å². The van der Waals surface area contributed by atoms with Gasteiger partial charge in [0.05, 0.1) is 18.0 Å². The number of benzene rings is 2. The predicted molar refractivity (Wildman–Crippen MR) is 120 cm³/mol. The molecule has 0 spiro atoms. The van der Waals surface area contributed by atoms with Crippen molar-refractivity contribution >= 4 is 45.5 Å². The normalized spacial score (nSPS) is 12.1. The number of carbonyl (C=O) groups excluding carboxylic acids is 1. The number of thioether (sulfide) groups is 1. The van der Waals surface area contributed by atoms with E-state index in [1.807, 2.05) is 73.1 Å². The highest BCUT2D eigenvalue weighted by molar-refractivity contribution is 9.10. The average Bonchev–Trinajstić information content (AvgIpc) is 3.09. The van der Waals surface area contributed by atoms with Crippen molar-refractivity contribution in [2.75, 3.05) is 11.1 Å². The smallest absolute Gasteiger partial charge is 0.250 e. The Morgan fingerprint density at radius 3 is 2.66 bits per heavy atom. The van der Waals surface area contributed by atoms with Crippen LogP contribution in [0.15, 0.2) is 69.3 Å². The lowest BCUT2D eigenvalue weighted by atomic mass is 10.2. The molecule has 0 aliphatic carbocycles. The first-order valence-electron chi connectivity index (χ1n) is 8.94. The first-order chi connectivity index (χ1) is 14.0.